The molecule has 1 aromatic rings. The van der Waals surface area contributed by atoms with Gasteiger partial charge in [0.05, 0.1) is 5.41 Å². The van der Waals surface area contributed by atoms with Crippen LogP contribution in [-0.4, -0.2) is 19.5 Å². The van der Waals surface area contributed by atoms with Crippen LogP contribution in [0.4, 0.5) is 8.78 Å². The van der Waals surface area contributed by atoms with E-state index in [4.69, 9.17) is 0 Å². The van der Waals surface area contributed by atoms with E-state index in [9.17, 15) is 8.78 Å². The largest absolute Gasteiger partial charge is 0.317 e. The van der Waals surface area contributed by atoms with Crippen molar-refractivity contribution in [2.24, 2.45) is 0 Å². The van der Waals surface area contributed by atoms with Gasteiger partial charge in [-0.2, -0.15) is 0 Å². The molecule has 1 fully saturated rings. The van der Waals surface area contributed by atoms with Gasteiger partial charge in [0, 0.05) is 4.47 Å². The number of benzene rings is 1. The van der Waals surface area contributed by atoms with Gasteiger partial charge in [-0.3, -0.25) is 0 Å². The smallest absolute Gasteiger partial charge is 0.248 e. The molecule has 0 amide bonds. The van der Waals surface area contributed by atoms with Crippen molar-refractivity contribution in [2.45, 2.75) is 24.7 Å². The van der Waals surface area contributed by atoms with Gasteiger partial charge in [-0.25, -0.2) is 8.78 Å². The van der Waals surface area contributed by atoms with E-state index >= 15 is 0 Å². The molecule has 1 heterocycles. The highest BCUT2D eigenvalue weighted by molar-refractivity contribution is 9.10. The van der Waals surface area contributed by atoms with Crippen molar-refractivity contribution in [3.63, 3.8) is 0 Å². The second-order valence-electron chi connectivity index (χ2n) is 4.19. The average molecular weight is 290 g/mol. The van der Waals surface area contributed by atoms with Crippen molar-refractivity contribution in [1.29, 1.82) is 0 Å². The number of piperidine rings is 1. The Labute approximate surface area is 102 Å². The van der Waals surface area contributed by atoms with Gasteiger partial charge >= 0.3 is 0 Å². The first kappa shape index (κ1) is 12.0. The summed E-state index contributed by atoms with van der Waals surface area (Å²) in [4.78, 5) is 0. The van der Waals surface area contributed by atoms with E-state index in [-0.39, 0.29) is 0 Å². The molecular weight excluding hydrogens is 276 g/mol. The van der Waals surface area contributed by atoms with Gasteiger partial charge in [-0.05, 0) is 37.6 Å². The van der Waals surface area contributed by atoms with Crippen molar-refractivity contribution >= 4 is 15.9 Å². The zero-order valence-electron chi connectivity index (χ0n) is 8.85. The minimum absolute atomic E-state index is 0.493. The molecule has 0 saturated carbocycles. The molecule has 0 atom stereocenters. The molecule has 88 valence electrons. The SMILES string of the molecule is FC(F)C1(c2ccccc2Br)CCNCC1. The Balaban J connectivity index is 2.43. The molecule has 0 aromatic heterocycles. The summed E-state index contributed by atoms with van der Waals surface area (Å²) in [5.74, 6) is 0. The molecule has 1 saturated heterocycles. The number of halogens is 3. The van der Waals surface area contributed by atoms with Crippen LogP contribution in [0.15, 0.2) is 28.7 Å². The number of rotatable bonds is 2. The van der Waals surface area contributed by atoms with Crippen molar-refractivity contribution < 1.29 is 8.78 Å². The van der Waals surface area contributed by atoms with Crippen LogP contribution in [0.3, 0.4) is 0 Å². The van der Waals surface area contributed by atoms with E-state index in [0.29, 0.717) is 25.9 Å². The van der Waals surface area contributed by atoms with Gasteiger partial charge in [0.15, 0.2) is 0 Å². The molecule has 0 spiro atoms. The molecule has 1 aromatic carbocycles. The number of nitrogens with one attached hydrogen (secondary N) is 1. The van der Waals surface area contributed by atoms with Crippen LogP contribution < -0.4 is 5.32 Å². The zero-order valence-corrected chi connectivity index (χ0v) is 10.4. The summed E-state index contributed by atoms with van der Waals surface area (Å²) in [5.41, 5.74) is -0.239. The molecule has 0 radical (unpaired) electrons. The third-order valence-electron chi connectivity index (χ3n) is 3.32. The third kappa shape index (κ3) is 2.00. The van der Waals surface area contributed by atoms with E-state index in [1.807, 2.05) is 24.3 Å². The fraction of sp³-hybridized carbons (Fsp3) is 0.500. The lowest BCUT2D eigenvalue weighted by atomic mass is 9.73. The lowest BCUT2D eigenvalue weighted by Crippen LogP contribution is -2.45. The Morgan fingerprint density at radius 1 is 1.19 bits per heavy atom. The van der Waals surface area contributed by atoms with Crippen LogP contribution in [0.1, 0.15) is 18.4 Å². The second kappa shape index (κ2) is 4.80. The van der Waals surface area contributed by atoms with Gasteiger partial charge in [0.1, 0.15) is 0 Å². The summed E-state index contributed by atoms with van der Waals surface area (Å²) in [6.45, 7) is 1.32. The van der Waals surface area contributed by atoms with Crippen LogP contribution in [0.25, 0.3) is 0 Å². The van der Waals surface area contributed by atoms with Crippen molar-refractivity contribution in [3.05, 3.63) is 34.3 Å². The predicted molar refractivity (Wildman–Crippen MR) is 63.9 cm³/mol. The molecule has 4 heteroatoms. The summed E-state index contributed by atoms with van der Waals surface area (Å²) in [6.07, 6.45) is -1.33. The Bertz CT molecular complexity index is 362. The van der Waals surface area contributed by atoms with Gasteiger partial charge < -0.3 is 5.32 Å². The van der Waals surface area contributed by atoms with Crippen LogP contribution in [-0.2, 0) is 5.41 Å². The minimum atomic E-state index is -2.31. The number of hydrogen-bond acceptors (Lipinski definition) is 1. The fourth-order valence-corrected chi connectivity index (χ4v) is 3.02. The van der Waals surface area contributed by atoms with Crippen LogP contribution in [0.5, 0.6) is 0 Å². The third-order valence-corrected chi connectivity index (χ3v) is 4.02. The maximum absolute atomic E-state index is 13.4. The summed E-state index contributed by atoms with van der Waals surface area (Å²) in [6, 6.07) is 7.32. The molecule has 1 aliphatic heterocycles. The van der Waals surface area contributed by atoms with Gasteiger partial charge in [-0.15, -0.1) is 0 Å². The molecule has 0 bridgehead atoms. The van der Waals surface area contributed by atoms with Crippen molar-refractivity contribution in [1.82, 2.24) is 5.32 Å². The second-order valence-corrected chi connectivity index (χ2v) is 5.04. The lowest BCUT2D eigenvalue weighted by Gasteiger charge is -2.38. The predicted octanol–water partition coefficient (Wildman–Crippen LogP) is 3.34. The van der Waals surface area contributed by atoms with Gasteiger partial charge in [-0.1, -0.05) is 34.1 Å². The van der Waals surface area contributed by atoms with Crippen LogP contribution >= 0.6 is 15.9 Å². The van der Waals surface area contributed by atoms with E-state index in [1.54, 1.807) is 0 Å². The number of alkyl halides is 2. The first-order valence-corrected chi connectivity index (χ1v) is 6.20. The molecule has 2 rings (SSSR count). The van der Waals surface area contributed by atoms with E-state index in [2.05, 4.69) is 21.2 Å². The van der Waals surface area contributed by atoms with Gasteiger partial charge in [0.2, 0.25) is 6.43 Å². The normalized spacial score (nSPS) is 20.0. The highest BCUT2D eigenvalue weighted by Crippen LogP contribution is 2.42. The quantitative estimate of drug-likeness (QED) is 0.881. The highest BCUT2D eigenvalue weighted by Gasteiger charge is 2.43. The Morgan fingerprint density at radius 2 is 1.81 bits per heavy atom. The first-order chi connectivity index (χ1) is 7.67. The van der Waals surface area contributed by atoms with Crippen molar-refractivity contribution in [3.8, 4) is 0 Å². The molecule has 0 aliphatic carbocycles. The van der Waals surface area contributed by atoms with Crippen molar-refractivity contribution in [2.75, 3.05) is 13.1 Å². The summed E-state index contributed by atoms with van der Waals surface area (Å²) in [7, 11) is 0. The maximum atomic E-state index is 13.4. The Hall–Kier alpha value is -0.480. The van der Waals surface area contributed by atoms with E-state index < -0.39 is 11.8 Å². The lowest BCUT2D eigenvalue weighted by molar-refractivity contribution is 0.0291. The summed E-state index contributed by atoms with van der Waals surface area (Å²) >= 11 is 3.38. The molecule has 1 nitrogen and oxygen atoms in total. The topological polar surface area (TPSA) is 12.0 Å². The van der Waals surface area contributed by atoms with E-state index in [0.717, 1.165) is 10.0 Å². The zero-order chi connectivity index (χ0) is 11.6. The minimum Gasteiger partial charge on any atom is -0.317 e. The maximum Gasteiger partial charge on any atom is 0.248 e. The monoisotopic (exact) mass is 289 g/mol. The molecule has 0 unspecified atom stereocenters. The highest BCUT2D eigenvalue weighted by atomic mass is 79.9. The van der Waals surface area contributed by atoms with Crippen LogP contribution in [0.2, 0.25) is 0 Å². The van der Waals surface area contributed by atoms with E-state index in [1.165, 1.54) is 0 Å². The Kier molecular flexibility index (Phi) is 3.60. The summed E-state index contributed by atoms with van der Waals surface area (Å²) < 4.78 is 27.6. The average Bonchev–Trinajstić information content (AvgIpc) is 2.30. The van der Waals surface area contributed by atoms with Gasteiger partial charge in [0.25, 0.3) is 0 Å². The fourth-order valence-electron chi connectivity index (χ4n) is 2.34. The van der Waals surface area contributed by atoms with Crippen LogP contribution in [0, 0.1) is 0 Å². The summed E-state index contributed by atoms with van der Waals surface area (Å²) in [5, 5.41) is 3.13. The molecular formula is C12H14BrF2N. The Morgan fingerprint density at radius 3 is 2.38 bits per heavy atom. The molecule has 1 N–H and O–H groups in total. The molecule has 16 heavy (non-hydrogen) atoms. The standard InChI is InChI=1S/C12H14BrF2N/c13-10-4-2-1-3-9(10)12(11(14)15)5-7-16-8-6-12/h1-4,11,16H,5-8H2. The first-order valence-electron chi connectivity index (χ1n) is 5.41. The number of hydrogen-bond donors (Lipinski definition) is 1. The molecule has 1 aliphatic rings.